The van der Waals surface area contributed by atoms with Crippen LogP contribution in [0.5, 0.6) is 0 Å². The van der Waals surface area contributed by atoms with Gasteiger partial charge in [0.25, 0.3) is 0 Å². The zero-order chi connectivity index (χ0) is 22.8. The van der Waals surface area contributed by atoms with E-state index in [0.29, 0.717) is 23.6 Å². The molecule has 3 aromatic rings. The summed E-state index contributed by atoms with van der Waals surface area (Å²) >= 11 is 5.90. The largest absolute Gasteiger partial charge is 0.481 e. The second-order valence-electron chi connectivity index (χ2n) is 7.31. The summed E-state index contributed by atoms with van der Waals surface area (Å²) < 4.78 is 0. The fourth-order valence-corrected chi connectivity index (χ4v) is 3.46. The van der Waals surface area contributed by atoms with Crippen LogP contribution in [0.15, 0.2) is 91.0 Å². The monoisotopic (exact) mass is 448 g/mol. The minimum Gasteiger partial charge on any atom is -0.481 e. The number of carboxylic acids is 1. The van der Waals surface area contributed by atoms with Crippen LogP contribution in [0.25, 0.3) is 5.57 Å². The fraction of sp³-hybridized carbons (Fsp3) is 0.154. The van der Waals surface area contributed by atoms with Crippen molar-refractivity contribution in [2.24, 2.45) is 0 Å². The molecule has 32 heavy (non-hydrogen) atoms. The lowest BCUT2D eigenvalue weighted by molar-refractivity contribution is -0.137. The lowest BCUT2D eigenvalue weighted by Gasteiger charge is -2.19. The molecule has 0 aliphatic carbocycles. The Hall–Kier alpha value is -3.57. The number of nitrogens with one attached hydrogen (secondary N) is 2. The zero-order valence-corrected chi connectivity index (χ0v) is 18.3. The Morgan fingerprint density at radius 1 is 0.875 bits per heavy atom. The quantitative estimate of drug-likeness (QED) is 0.363. The van der Waals surface area contributed by atoms with E-state index in [2.05, 4.69) is 10.6 Å². The lowest BCUT2D eigenvalue weighted by atomic mass is 9.94. The molecule has 3 rings (SSSR count). The number of anilines is 1. The fourth-order valence-electron chi connectivity index (χ4n) is 3.33. The number of urea groups is 1. The Morgan fingerprint density at radius 3 is 1.97 bits per heavy atom. The van der Waals surface area contributed by atoms with Crippen LogP contribution in [0.2, 0.25) is 5.02 Å². The highest BCUT2D eigenvalue weighted by Gasteiger charge is 2.14. The molecule has 0 aromatic heterocycles. The summed E-state index contributed by atoms with van der Waals surface area (Å²) in [5, 5.41) is 15.4. The molecule has 0 radical (unpaired) electrons. The highest BCUT2D eigenvalue weighted by molar-refractivity contribution is 6.30. The minimum atomic E-state index is -0.857. The maximum Gasteiger partial charge on any atom is 0.319 e. The van der Waals surface area contributed by atoms with Gasteiger partial charge in [-0.15, -0.1) is 0 Å². The lowest BCUT2D eigenvalue weighted by Crippen LogP contribution is -2.37. The summed E-state index contributed by atoms with van der Waals surface area (Å²) in [6.07, 6.45) is 2.96. The van der Waals surface area contributed by atoms with E-state index in [0.717, 1.165) is 16.7 Å². The predicted octanol–water partition coefficient (Wildman–Crippen LogP) is 6.22. The van der Waals surface area contributed by atoms with Gasteiger partial charge in [0.2, 0.25) is 0 Å². The van der Waals surface area contributed by atoms with Crippen LogP contribution in [0.3, 0.4) is 0 Å². The highest BCUT2D eigenvalue weighted by Crippen LogP contribution is 2.24. The summed E-state index contributed by atoms with van der Waals surface area (Å²) in [6, 6.07) is 25.9. The van der Waals surface area contributed by atoms with Crippen LogP contribution in [0.4, 0.5) is 10.5 Å². The minimum absolute atomic E-state index is 0.0385. The van der Waals surface area contributed by atoms with Gasteiger partial charge in [-0.25, -0.2) is 4.79 Å². The average molecular weight is 449 g/mol. The molecular formula is C26H25ClN2O3. The molecule has 3 aromatic carbocycles. The highest BCUT2D eigenvalue weighted by atomic mass is 35.5. The molecule has 3 N–H and O–H groups in total. The normalized spacial score (nSPS) is 11.3. The maximum atomic E-state index is 12.7. The molecule has 5 nitrogen and oxygen atoms in total. The van der Waals surface area contributed by atoms with Gasteiger partial charge in [0.05, 0.1) is 0 Å². The van der Waals surface area contributed by atoms with Crippen LogP contribution in [-0.4, -0.2) is 23.1 Å². The molecule has 164 valence electrons. The number of rotatable bonds is 9. The van der Waals surface area contributed by atoms with Crippen LogP contribution in [0, 0.1) is 0 Å². The third-order valence-corrected chi connectivity index (χ3v) is 5.11. The SMILES string of the molecule is O=C(O)CCCC(C=C(c1ccccc1)c1ccccc1)NC(=O)Nc1ccc(Cl)cc1. The molecule has 0 aliphatic heterocycles. The molecule has 0 bridgehead atoms. The standard InChI is InChI=1S/C26H25ClN2O3/c27-21-14-16-22(17-15-21)28-26(32)29-23(12-7-13-25(30)31)18-24(19-8-3-1-4-9-19)20-10-5-2-6-11-20/h1-6,8-11,14-18,23H,7,12-13H2,(H,30,31)(H2,28,29,32). The molecule has 2 amide bonds. The second-order valence-corrected chi connectivity index (χ2v) is 7.75. The van der Waals surface area contributed by atoms with Gasteiger partial charge in [-0.05, 0) is 53.8 Å². The van der Waals surface area contributed by atoms with Gasteiger partial charge in [-0.1, -0.05) is 78.3 Å². The maximum absolute atomic E-state index is 12.7. The zero-order valence-electron chi connectivity index (χ0n) is 17.5. The first-order valence-corrected chi connectivity index (χ1v) is 10.8. The van der Waals surface area contributed by atoms with E-state index in [1.54, 1.807) is 24.3 Å². The smallest absolute Gasteiger partial charge is 0.319 e. The Balaban J connectivity index is 1.85. The number of carboxylic acid groups (broad SMARTS) is 1. The van der Waals surface area contributed by atoms with Crippen molar-refractivity contribution in [1.82, 2.24) is 5.32 Å². The van der Waals surface area contributed by atoms with E-state index in [9.17, 15) is 9.59 Å². The third kappa shape index (κ3) is 7.29. The van der Waals surface area contributed by atoms with Gasteiger partial charge in [-0.2, -0.15) is 0 Å². The van der Waals surface area contributed by atoms with Crippen LogP contribution >= 0.6 is 11.6 Å². The summed E-state index contributed by atoms with van der Waals surface area (Å²) in [5.74, 6) is -0.857. The van der Waals surface area contributed by atoms with Crippen molar-refractivity contribution in [2.45, 2.75) is 25.3 Å². The Bertz CT molecular complexity index is 1010. The summed E-state index contributed by atoms with van der Waals surface area (Å²) in [7, 11) is 0. The number of halogens is 1. The number of aliphatic carboxylic acids is 1. The molecule has 0 aliphatic rings. The molecule has 1 atom stereocenters. The number of hydrogen-bond acceptors (Lipinski definition) is 2. The second kappa shape index (κ2) is 11.7. The Kier molecular flexibility index (Phi) is 8.46. The summed E-state index contributed by atoms with van der Waals surface area (Å²) in [4.78, 5) is 23.7. The van der Waals surface area contributed by atoms with Gasteiger partial charge < -0.3 is 15.7 Å². The molecule has 0 fully saturated rings. The van der Waals surface area contributed by atoms with E-state index in [-0.39, 0.29) is 18.5 Å². The molecule has 0 spiro atoms. The van der Waals surface area contributed by atoms with E-state index >= 15 is 0 Å². The van der Waals surface area contributed by atoms with Crippen molar-refractivity contribution in [2.75, 3.05) is 5.32 Å². The van der Waals surface area contributed by atoms with Crippen molar-refractivity contribution >= 4 is 34.9 Å². The predicted molar refractivity (Wildman–Crippen MR) is 129 cm³/mol. The molecular weight excluding hydrogens is 424 g/mol. The summed E-state index contributed by atoms with van der Waals surface area (Å²) in [5.41, 5.74) is 3.62. The van der Waals surface area contributed by atoms with E-state index in [1.165, 1.54) is 0 Å². The molecule has 0 heterocycles. The van der Waals surface area contributed by atoms with Crippen molar-refractivity contribution in [3.63, 3.8) is 0 Å². The molecule has 0 saturated heterocycles. The number of carbonyl (C=O) groups excluding carboxylic acids is 1. The van der Waals surface area contributed by atoms with E-state index in [4.69, 9.17) is 16.7 Å². The van der Waals surface area contributed by atoms with Crippen LogP contribution in [0.1, 0.15) is 30.4 Å². The number of benzene rings is 3. The third-order valence-electron chi connectivity index (χ3n) is 4.86. The van der Waals surface area contributed by atoms with E-state index in [1.807, 2.05) is 66.7 Å². The summed E-state index contributed by atoms with van der Waals surface area (Å²) in [6.45, 7) is 0. The van der Waals surface area contributed by atoms with Gasteiger partial charge in [0.1, 0.15) is 0 Å². The Labute approximate surface area is 192 Å². The number of carbonyl (C=O) groups is 2. The van der Waals surface area contributed by atoms with E-state index < -0.39 is 5.97 Å². The van der Waals surface area contributed by atoms with Crippen molar-refractivity contribution < 1.29 is 14.7 Å². The van der Waals surface area contributed by atoms with Gasteiger partial charge in [0.15, 0.2) is 0 Å². The number of amides is 2. The first-order chi connectivity index (χ1) is 15.5. The van der Waals surface area contributed by atoms with Gasteiger partial charge in [0, 0.05) is 23.2 Å². The van der Waals surface area contributed by atoms with Crippen molar-refractivity contribution in [1.29, 1.82) is 0 Å². The Morgan fingerprint density at radius 2 is 1.44 bits per heavy atom. The molecule has 6 heteroatoms. The molecule has 1 unspecified atom stereocenters. The number of hydrogen-bond donors (Lipinski definition) is 3. The van der Waals surface area contributed by atoms with Crippen molar-refractivity contribution in [3.8, 4) is 0 Å². The van der Waals surface area contributed by atoms with Crippen LogP contribution in [-0.2, 0) is 4.79 Å². The van der Waals surface area contributed by atoms with Crippen molar-refractivity contribution in [3.05, 3.63) is 107 Å². The first kappa shape index (κ1) is 23.1. The first-order valence-electron chi connectivity index (χ1n) is 10.4. The van der Waals surface area contributed by atoms with Crippen LogP contribution < -0.4 is 10.6 Å². The average Bonchev–Trinajstić information content (AvgIpc) is 2.79. The van der Waals surface area contributed by atoms with Gasteiger partial charge in [-0.3, -0.25) is 4.79 Å². The molecule has 0 saturated carbocycles. The topological polar surface area (TPSA) is 78.4 Å². The van der Waals surface area contributed by atoms with Gasteiger partial charge >= 0.3 is 12.0 Å².